The molecule has 0 saturated heterocycles. The van der Waals surface area contributed by atoms with Crippen molar-refractivity contribution >= 4 is 27.3 Å². The summed E-state index contributed by atoms with van der Waals surface area (Å²) in [5.41, 5.74) is 2.69. The lowest BCUT2D eigenvalue weighted by Gasteiger charge is -2.19. The molecule has 0 aliphatic carbocycles. The smallest absolute Gasteiger partial charge is 0.119 e. The van der Waals surface area contributed by atoms with Crippen molar-refractivity contribution in [2.45, 2.75) is 32.7 Å². The van der Waals surface area contributed by atoms with Gasteiger partial charge in [-0.3, -0.25) is 0 Å². The van der Waals surface area contributed by atoms with Gasteiger partial charge in [-0.15, -0.1) is 11.3 Å². The molecule has 2 rings (SSSR count). The summed E-state index contributed by atoms with van der Waals surface area (Å²) in [4.78, 5) is 1.37. The zero-order chi connectivity index (χ0) is 15.2. The molecule has 21 heavy (non-hydrogen) atoms. The summed E-state index contributed by atoms with van der Waals surface area (Å²) in [5, 5.41) is 3.67. The Morgan fingerprint density at radius 2 is 2.14 bits per heavy atom. The SMILES string of the molecule is CCCNC(Cc1cccc(OC)c1)c1cc(Br)sc1C. The van der Waals surface area contributed by atoms with E-state index < -0.39 is 0 Å². The lowest BCUT2D eigenvalue weighted by Crippen LogP contribution is -2.24. The van der Waals surface area contributed by atoms with Crippen LogP contribution in [0.2, 0.25) is 0 Å². The zero-order valence-corrected chi connectivity index (χ0v) is 15.2. The molecule has 1 atom stereocenters. The van der Waals surface area contributed by atoms with Crippen LogP contribution in [0, 0.1) is 6.92 Å². The van der Waals surface area contributed by atoms with E-state index >= 15 is 0 Å². The Kier molecular flexibility index (Phi) is 6.27. The number of ether oxygens (including phenoxy) is 1. The normalized spacial score (nSPS) is 12.4. The summed E-state index contributed by atoms with van der Waals surface area (Å²) in [6, 6.07) is 10.9. The first-order chi connectivity index (χ1) is 10.1. The maximum atomic E-state index is 5.33. The van der Waals surface area contributed by atoms with Crippen LogP contribution in [0.25, 0.3) is 0 Å². The highest BCUT2D eigenvalue weighted by Gasteiger charge is 2.16. The van der Waals surface area contributed by atoms with Crippen LogP contribution in [0.3, 0.4) is 0 Å². The van der Waals surface area contributed by atoms with Gasteiger partial charge in [0, 0.05) is 10.9 Å². The predicted molar refractivity (Wildman–Crippen MR) is 94.5 cm³/mol. The van der Waals surface area contributed by atoms with E-state index in [0.717, 1.165) is 25.1 Å². The van der Waals surface area contributed by atoms with E-state index in [2.05, 4.69) is 59.4 Å². The van der Waals surface area contributed by atoms with Crippen LogP contribution in [0.4, 0.5) is 0 Å². The fraction of sp³-hybridized carbons (Fsp3) is 0.412. The highest BCUT2D eigenvalue weighted by atomic mass is 79.9. The Labute approximate surface area is 139 Å². The molecule has 0 bridgehead atoms. The summed E-state index contributed by atoms with van der Waals surface area (Å²) in [6.45, 7) is 5.42. The zero-order valence-electron chi connectivity index (χ0n) is 12.8. The third kappa shape index (κ3) is 4.56. The van der Waals surface area contributed by atoms with Gasteiger partial charge >= 0.3 is 0 Å². The molecule has 0 radical (unpaired) electrons. The molecule has 0 aliphatic rings. The fourth-order valence-corrected chi connectivity index (χ4v) is 4.22. The second-order valence-electron chi connectivity index (χ2n) is 5.12. The van der Waals surface area contributed by atoms with Crippen molar-refractivity contribution in [3.63, 3.8) is 0 Å². The maximum Gasteiger partial charge on any atom is 0.119 e. The van der Waals surface area contributed by atoms with Crippen LogP contribution >= 0.6 is 27.3 Å². The van der Waals surface area contributed by atoms with Gasteiger partial charge < -0.3 is 10.1 Å². The van der Waals surface area contributed by atoms with Gasteiger partial charge in [-0.05, 0) is 71.6 Å². The average molecular weight is 368 g/mol. The number of hydrogen-bond acceptors (Lipinski definition) is 3. The van der Waals surface area contributed by atoms with E-state index in [1.807, 2.05) is 6.07 Å². The summed E-state index contributed by atoms with van der Waals surface area (Å²) >= 11 is 5.40. The maximum absolute atomic E-state index is 5.33. The van der Waals surface area contributed by atoms with Gasteiger partial charge in [0.05, 0.1) is 10.9 Å². The van der Waals surface area contributed by atoms with Gasteiger partial charge in [0.15, 0.2) is 0 Å². The summed E-state index contributed by atoms with van der Waals surface area (Å²) in [7, 11) is 1.71. The molecule has 2 aromatic rings. The van der Waals surface area contributed by atoms with Crippen LogP contribution < -0.4 is 10.1 Å². The van der Waals surface area contributed by atoms with Gasteiger partial charge in [0.25, 0.3) is 0 Å². The van der Waals surface area contributed by atoms with Crippen molar-refractivity contribution in [1.82, 2.24) is 5.32 Å². The third-order valence-corrected chi connectivity index (χ3v) is 5.09. The van der Waals surface area contributed by atoms with Crippen molar-refractivity contribution in [2.75, 3.05) is 13.7 Å². The lowest BCUT2D eigenvalue weighted by molar-refractivity contribution is 0.413. The van der Waals surface area contributed by atoms with E-state index in [9.17, 15) is 0 Å². The molecule has 0 spiro atoms. The van der Waals surface area contributed by atoms with Crippen molar-refractivity contribution in [2.24, 2.45) is 0 Å². The summed E-state index contributed by atoms with van der Waals surface area (Å²) in [6.07, 6.45) is 2.11. The summed E-state index contributed by atoms with van der Waals surface area (Å²) in [5.74, 6) is 0.921. The molecular weight excluding hydrogens is 346 g/mol. The Hall–Kier alpha value is -0.840. The van der Waals surface area contributed by atoms with Gasteiger partial charge in [0.2, 0.25) is 0 Å². The van der Waals surface area contributed by atoms with Crippen LogP contribution in [0.1, 0.15) is 35.4 Å². The molecule has 1 heterocycles. The molecule has 2 nitrogen and oxygen atoms in total. The molecule has 1 unspecified atom stereocenters. The molecule has 0 amide bonds. The molecule has 0 fully saturated rings. The monoisotopic (exact) mass is 367 g/mol. The van der Waals surface area contributed by atoms with Crippen LogP contribution in [-0.2, 0) is 6.42 Å². The van der Waals surface area contributed by atoms with Crippen molar-refractivity contribution in [3.8, 4) is 5.75 Å². The van der Waals surface area contributed by atoms with Gasteiger partial charge in [0.1, 0.15) is 5.75 Å². The molecule has 0 saturated carbocycles. The number of hydrogen-bond donors (Lipinski definition) is 1. The quantitative estimate of drug-likeness (QED) is 0.733. The summed E-state index contributed by atoms with van der Waals surface area (Å²) < 4.78 is 6.52. The van der Waals surface area contributed by atoms with Crippen LogP contribution in [0.15, 0.2) is 34.1 Å². The molecule has 1 N–H and O–H groups in total. The van der Waals surface area contributed by atoms with E-state index in [4.69, 9.17) is 4.74 Å². The van der Waals surface area contributed by atoms with E-state index in [1.165, 1.54) is 19.8 Å². The molecule has 0 aliphatic heterocycles. The van der Waals surface area contributed by atoms with E-state index in [1.54, 1.807) is 18.4 Å². The van der Waals surface area contributed by atoms with Crippen molar-refractivity contribution in [3.05, 3.63) is 50.1 Å². The first kappa shape index (κ1) is 16.5. The Bertz CT molecular complexity index is 582. The Balaban J connectivity index is 2.21. The van der Waals surface area contributed by atoms with Crippen molar-refractivity contribution < 1.29 is 4.74 Å². The minimum atomic E-state index is 0.347. The molecular formula is C17H22BrNOS. The molecule has 1 aromatic carbocycles. The predicted octanol–water partition coefficient (Wildman–Crippen LogP) is 5.11. The Morgan fingerprint density at radius 1 is 1.33 bits per heavy atom. The number of rotatable bonds is 7. The molecule has 4 heteroatoms. The number of halogens is 1. The van der Waals surface area contributed by atoms with Gasteiger partial charge in [-0.2, -0.15) is 0 Å². The number of benzene rings is 1. The standard InChI is InChI=1S/C17H22BrNOS/c1-4-8-19-16(15-11-17(18)21-12(15)2)10-13-6-5-7-14(9-13)20-3/h5-7,9,11,16,19H,4,8,10H2,1-3H3. The first-order valence-corrected chi connectivity index (χ1v) is 8.87. The highest BCUT2D eigenvalue weighted by Crippen LogP contribution is 2.32. The van der Waals surface area contributed by atoms with E-state index in [0.29, 0.717) is 6.04 Å². The third-order valence-electron chi connectivity index (χ3n) is 3.52. The average Bonchev–Trinajstić information content (AvgIpc) is 2.82. The van der Waals surface area contributed by atoms with Gasteiger partial charge in [-0.1, -0.05) is 19.1 Å². The number of nitrogens with one attached hydrogen (secondary N) is 1. The molecule has 114 valence electrons. The van der Waals surface area contributed by atoms with Crippen molar-refractivity contribution in [1.29, 1.82) is 0 Å². The highest BCUT2D eigenvalue weighted by molar-refractivity contribution is 9.11. The lowest BCUT2D eigenvalue weighted by atomic mass is 9.99. The number of methoxy groups -OCH3 is 1. The van der Waals surface area contributed by atoms with E-state index in [-0.39, 0.29) is 0 Å². The second kappa shape index (κ2) is 7.97. The minimum absolute atomic E-state index is 0.347. The number of thiophene rings is 1. The van der Waals surface area contributed by atoms with Crippen LogP contribution in [0.5, 0.6) is 5.75 Å². The largest absolute Gasteiger partial charge is 0.497 e. The van der Waals surface area contributed by atoms with Gasteiger partial charge in [-0.25, -0.2) is 0 Å². The second-order valence-corrected chi connectivity index (χ2v) is 7.76. The topological polar surface area (TPSA) is 21.3 Å². The molecule has 1 aromatic heterocycles. The minimum Gasteiger partial charge on any atom is -0.497 e. The first-order valence-electron chi connectivity index (χ1n) is 7.26. The van der Waals surface area contributed by atoms with Crippen LogP contribution in [-0.4, -0.2) is 13.7 Å². The Morgan fingerprint density at radius 3 is 2.76 bits per heavy atom. The number of aryl methyl sites for hydroxylation is 1. The fourth-order valence-electron chi connectivity index (χ4n) is 2.45.